The minimum Gasteiger partial charge on any atom is -0.399 e. The van der Waals surface area contributed by atoms with Crippen molar-refractivity contribution in [1.29, 1.82) is 0 Å². The summed E-state index contributed by atoms with van der Waals surface area (Å²) in [5, 5.41) is 3.02. The molecule has 0 radical (unpaired) electrons. The van der Waals surface area contributed by atoms with Gasteiger partial charge in [-0.2, -0.15) is 0 Å². The molecule has 0 saturated carbocycles. The van der Waals surface area contributed by atoms with Crippen molar-refractivity contribution in [3.63, 3.8) is 0 Å². The van der Waals surface area contributed by atoms with Crippen molar-refractivity contribution in [2.75, 3.05) is 11.1 Å². The highest BCUT2D eigenvalue weighted by molar-refractivity contribution is 6.32. The number of nitrogens with two attached hydrogens (primary N) is 1. The Morgan fingerprint density at radius 2 is 1.94 bits per heavy atom. The van der Waals surface area contributed by atoms with Gasteiger partial charge in [-0.05, 0) is 42.8 Å². The van der Waals surface area contributed by atoms with Crippen molar-refractivity contribution in [3.05, 3.63) is 52.8 Å². The van der Waals surface area contributed by atoms with Crippen molar-refractivity contribution in [3.8, 4) is 0 Å². The van der Waals surface area contributed by atoms with Crippen LogP contribution in [0.3, 0.4) is 0 Å². The quantitative estimate of drug-likeness (QED) is 0.645. The zero-order valence-electron chi connectivity index (χ0n) is 9.77. The second-order valence-corrected chi connectivity index (χ2v) is 4.23. The number of nitrogen functional groups attached to an aromatic ring is 1. The molecule has 4 nitrogen and oxygen atoms in total. The van der Waals surface area contributed by atoms with Gasteiger partial charge in [-0.1, -0.05) is 11.6 Å². The van der Waals surface area contributed by atoms with E-state index in [1.54, 1.807) is 36.5 Å². The number of rotatable bonds is 2. The SMILES string of the molecule is Cc1ccnc(Cl)c1NC(=O)c1ccc(N)cc1. The second kappa shape index (κ2) is 5.06. The lowest BCUT2D eigenvalue weighted by molar-refractivity contribution is 0.102. The summed E-state index contributed by atoms with van der Waals surface area (Å²) < 4.78 is 0. The van der Waals surface area contributed by atoms with Crippen molar-refractivity contribution < 1.29 is 4.79 Å². The molecule has 92 valence electrons. The van der Waals surface area contributed by atoms with E-state index >= 15 is 0 Å². The molecular formula is C13H12ClN3O. The van der Waals surface area contributed by atoms with Crippen molar-refractivity contribution in [2.45, 2.75) is 6.92 Å². The van der Waals surface area contributed by atoms with Gasteiger partial charge in [-0.15, -0.1) is 0 Å². The number of amides is 1. The van der Waals surface area contributed by atoms with Crippen LogP contribution in [0.1, 0.15) is 15.9 Å². The molecule has 1 aromatic heterocycles. The monoisotopic (exact) mass is 261 g/mol. The van der Waals surface area contributed by atoms with Gasteiger partial charge in [0.2, 0.25) is 0 Å². The normalized spacial score (nSPS) is 10.1. The third-order valence-electron chi connectivity index (χ3n) is 2.52. The van der Waals surface area contributed by atoms with Crippen LogP contribution in [0.15, 0.2) is 36.5 Å². The molecule has 0 bridgehead atoms. The van der Waals surface area contributed by atoms with E-state index in [2.05, 4.69) is 10.3 Å². The Bertz CT molecular complexity index is 561. The molecule has 1 aromatic carbocycles. The van der Waals surface area contributed by atoms with E-state index in [-0.39, 0.29) is 11.1 Å². The molecule has 0 atom stereocenters. The van der Waals surface area contributed by atoms with Crippen molar-refractivity contribution in [1.82, 2.24) is 4.98 Å². The summed E-state index contributed by atoms with van der Waals surface area (Å²) in [7, 11) is 0. The molecule has 18 heavy (non-hydrogen) atoms. The summed E-state index contributed by atoms with van der Waals surface area (Å²) >= 11 is 5.94. The largest absolute Gasteiger partial charge is 0.399 e. The molecule has 2 rings (SSSR count). The molecule has 0 aliphatic heterocycles. The highest BCUT2D eigenvalue weighted by Crippen LogP contribution is 2.23. The van der Waals surface area contributed by atoms with E-state index in [9.17, 15) is 4.79 Å². The Kier molecular flexibility index (Phi) is 3.48. The van der Waals surface area contributed by atoms with E-state index in [0.717, 1.165) is 5.56 Å². The van der Waals surface area contributed by atoms with Crippen LogP contribution in [0.5, 0.6) is 0 Å². The first kappa shape index (κ1) is 12.4. The van der Waals surface area contributed by atoms with E-state index in [4.69, 9.17) is 17.3 Å². The highest BCUT2D eigenvalue weighted by atomic mass is 35.5. The Hall–Kier alpha value is -2.07. The molecule has 0 aliphatic carbocycles. The number of nitrogens with one attached hydrogen (secondary N) is 1. The summed E-state index contributed by atoms with van der Waals surface area (Å²) in [6.45, 7) is 1.85. The zero-order chi connectivity index (χ0) is 13.1. The fourth-order valence-corrected chi connectivity index (χ4v) is 1.75. The van der Waals surface area contributed by atoms with Gasteiger partial charge in [-0.25, -0.2) is 4.98 Å². The molecule has 1 heterocycles. The summed E-state index contributed by atoms with van der Waals surface area (Å²) in [5.41, 5.74) is 8.08. The third kappa shape index (κ3) is 2.60. The zero-order valence-corrected chi connectivity index (χ0v) is 10.5. The van der Waals surface area contributed by atoms with Crippen LogP contribution < -0.4 is 11.1 Å². The average Bonchev–Trinajstić information content (AvgIpc) is 2.34. The first-order chi connectivity index (χ1) is 8.58. The van der Waals surface area contributed by atoms with Crippen LogP contribution in [-0.4, -0.2) is 10.9 Å². The second-order valence-electron chi connectivity index (χ2n) is 3.87. The van der Waals surface area contributed by atoms with Crippen LogP contribution in [0.25, 0.3) is 0 Å². The van der Waals surface area contributed by atoms with Crippen LogP contribution in [0, 0.1) is 6.92 Å². The lowest BCUT2D eigenvalue weighted by atomic mass is 10.2. The van der Waals surface area contributed by atoms with Crippen molar-refractivity contribution >= 4 is 28.9 Å². The molecule has 0 fully saturated rings. The summed E-state index contributed by atoms with van der Waals surface area (Å²) in [5.74, 6) is -0.243. The predicted octanol–water partition coefficient (Wildman–Crippen LogP) is 2.88. The number of carbonyl (C=O) groups is 1. The first-order valence-electron chi connectivity index (χ1n) is 5.36. The van der Waals surface area contributed by atoms with Gasteiger partial charge in [0, 0.05) is 17.4 Å². The fourth-order valence-electron chi connectivity index (χ4n) is 1.50. The van der Waals surface area contributed by atoms with Gasteiger partial charge in [0.05, 0.1) is 5.69 Å². The van der Waals surface area contributed by atoms with Crippen molar-refractivity contribution in [2.24, 2.45) is 0 Å². The number of benzene rings is 1. The topological polar surface area (TPSA) is 68.0 Å². The average molecular weight is 262 g/mol. The molecule has 0 spiro atoms. The number of pyridine rings is 1. The van der Waals surface area contributed by atoms with Gasteiger partial charge in [0.15, 0.2) is 5.15 Å². The summed E-state index contributed by atoms with van der Waals surface area (Å²) in [4.78, 5) is 15.9. The minimum absolute atomic E-state index is 0.243. The smallest absolute Gasteiger partial charge is 0.255 e. The first-order valence-corrected chi connectivity index (χ1v) is 5.73. The molecule has 5 heteroatoms. The Morgan fingerprint density at radius 1 is 1.28 bits per heavy atom. The van der Waals surface area contributed by atoms with Crippen LogP contribution in [-0.2, 0) is 0 Å². The summed E-state index contributed by atoms with van der Waals surface area (Å²) in [6, 6.07) is 8.44. The predicted molar refractivity (Wildman–Crippen MR) is 72.8 cm³/mol. The van der Waals surface area contributed by atoms with Crippen LogP contribution in [0.4, 0.5) is 11.4 Å². The van der Waals surface area contributed by atoms with Gasteiger partial charge >= 0.3 is 0 Å². The number of hydrogen-bond donors (Lipinski definition) is 2. The standard InChI is InChI=1S/C13H12ClN3O/c1-8-6-7-16-12(14)11(8)17-13(18)9-2-4-10(15)5-3-9/h2-7H,15H2,1H3,(H,17,18). The third-order valence-corrected chi connectivity index (χ3v) is 2.81. The Morgan fingerprint density at radius 3 is 2.56 bits per heavy atom. The van der Waals surface area contributed by atoms with E-state index in [1.165, 1.54) is 0 Å². The van der Waals surface area contributed by atoms with Crippen LogP contribution >= 0.6 is 11.6 Å². The number of carbonyl (C=O) groups excluding carboxylic acids is 1. The lowest BCUT2D eigenvalue weighted by Gasteiger charge is -2.09. The number of aryl methyl sites for hydroxylation is 1. The molecule has 0 unspecified atom stereocenters. The molecule has 1 amide bonds. The number of nitrogens with zero attached hydrogens (tertiary/aromatic N) is 1. The summed E-state index contributed by atoms with van der Waals surface area (Å²) in [6.07, 6.45) is 1.59. The Labute approximate surface area is 110 Å². The van der Waals surface area contributed by atoms with Gasteiger partial charge in [0.1, 0.15) is 0 Å². The highest BCUT2D eigenvalue weighted by Gasteiger charge is 2.10. The number of halogens is 1. The fraction of sp³-hybridized carbons (Fsp3) is 0.0769. The van der Waals surface area contributed by atoms with E-state index in [0.29, 0.717) is 16.9 Å². The molecule has 3 N–H and O–H groups in total. The molecule has 2 aromatic rings. The minimum atomic E-state index is -0.243. The van der Waals surface area contributed by atoms with Gasteiger partial charge in [-0.3, -0.25) is 4.79 Å². The van der Waals surface area contributed by atoms with Gasteiger partial charge < -0.3 is 11.1 Å². The van der Waals surface area contributed by atoms with E-state index in [1.807, 2.05) is 6.92 Å². The van der Waals surface area contributed by atoms with E-state index < -0.39 is 0 Å². The molecule has 0 aliphatic rings. The number of hydrogen-bond acceptors (Lipinski definition) is 3. The van der Waals surface area contributed by atoms with Gasteiger partial charge in [0.25, 0.3) is 5.91 Å². The van der Waals surface area contributed by atoms with Crippen LogP contribution in [0.2, 0.25) is 5.15 Å². The maximum atomic E-state index is 12.0. The Balaban J connectivity index is 2.24. The number of aromatic nitrogens is 1. The maximum Gasteiger partial charge on any atom is 0.255 e. The lowest BCUT2D eigenvalue weighted by Crippen LogP contribution is -2.13. The maximum absolute atomic E-state index is 12.0. The number of anilines is 2. The molecular weight excluding hydrogens is 250 g/mol. The molecule has 0 saturated heterocycles.